The van der Waals surface area contributed by atoms with Gasteiger partial charge in [-0.25, -0.2) is 9.37 Å². The van der Waals surface area contributed by atoms with Crippen LogP contribution in [0.15, 0.2) is 28.4 Å². The highest BCUT2D eigenvalue weighted by atomic mass is 35.5. The second kappa shape index (κ2) is 8.30. The summed E-state index contributed by atoms with van der Waals surface area (Å²) in [4.78, 5) is 20.1. The Morgan fingerprint density at radius 3 is 2.52 bits per heavy atom. The van der Waals surface area contributed by atoms with Crippen LogP contribution >= 0.6 is 23.4 Å². The monoisotopic (exact) mass is 369 g/mol. The third kappa shape index (κ3) is 5.51. The highest BCUT2D eigenvalue weighted by Gasteiger charge is 2.33. The molecule has 10 heteroatoms. The van der Waals surface area contributed by atoms with Gasteiger partial charge in [-0.05, 0) is 0 Å². The van der Waals surface area contributed by atoms with Gasteiger partial charge in [-0.3, -0.25) is 9.78 Å². The van der Waals surface area contributed by atoms with Crippen LogP contribution in [0.2, 0.25) is 5.02 Å². The van der Waals surface area contributed by atoms with Gasteiger partial charge in [0.2, 0.25) is 0 Å². The van der Waals surface area contributed by atoms with Crippen LogP contribution in [0, 0.1) is 5.82 Å². The number of rotatable bonds is 3. The first-order valence-corrected chi connectivity index (χ1v) is 7.73. The van der Waals surface area contributed by atoms with Crippen LogP contribution in [-0.2, 0) is 11.9 Å². The molecule has 2 heterocycles. The van der Waals surface area contributed by atoms with Crippen LogP contribution < -0.4 is 5.56 Å². The molecule has 0 aliphatic rings. The fourth-order valence-electron chi connectivity index (χ4n) is 1.37. The van der Waals surface area contributed by atoms with E-state index >= 15 is 0 Å². The second-order valence-corrected chi connectivity index (χ2v) is 5.18. The molecule has 0 fully saturated rings. The molecule has 0 aromatic carbocycles. The molecule has 0 radical (unpaired) electrons. The third-order valence-corrected chi connectivity index (χ3v) is 3.54. The molecule has 0 unspecified atom stereocenters. The van der Waals surface area contributed by atoms with E-state index in [-0.39, 0.29) is 21.5 Å². The first-order chi connectivity index (χ1) is 10.8. The normalized spacial score (nSPS) is 10.9. The number of hydrogen-bond donors (Lipinski definition) is 1. The van der Waals surface area contributed by atoms with E-state index in [0.717, 1.165) is 18.0 Å². The topological polar surface area (TPSA) is 58.6 Å². The zero-order valence-corrected chi connectivity index (χ0v) is 13.6. The van der Waals surface area contributed by atoms with Crippen molar-refractivity contribution in [3.8, 4) is 0 Å². The average Bonchev–Trinajstić information content (AvgIpc) is 2.47. The molecule has 0 atom stereocenters. The first kappa shape index (κ1) is 19.4. The molecule has 2 aromatic rings. The first-order valence-electron chi connectivity index (χ1n) is 6.36. The predicted molar refractivity (Wildman–Crippen MR) is 80.0 cm³/mol. The standard InChI is InChI=1S/C11H6ClF4N3OS.C2H6/c12-6-2-17-3-7(13)5(6)4-21-10-18-8(11(14,15)16)1-9(20)19-10;1-2/h1-3H,4H2,(H,18,19,20);1-2H3. The van der Waals surface area contributed by atoms with Crippen molar-refractivity contribution < 1.29 is 17.6 Å². The van der Waals surface area contributed by atoms with Crippen LogP contribution in [0.1, 0.15) is 25.1 Å². The Hall–Kier alpha value is -1.61. The van der Waals surface area contributed by atoms with E-state index in [2.05, 4.69) is 15.0 Å². The van der Waals surface area contributed by atoms with Gasteiger partial charge in [0.05, 0.1) is 11.2 Å². The minimum Gasteiger partial charge on any atom is -0.301 e. The predicted octanol–water partition coefficient (Wildman–Crippen LogP) is 4.29. The minimum absolute atomic E-state index is 0.0387. The number of pyridine rings is 1. The molecule has 2 rings (SSSR count). The molecule has 0 aliphatic heterocycles. The Bertz CT molecular complexity index is 701. The van der Waals surface area contributed by atoms with Gasteiger partial charge >= 0.3 is 6.18 Å². The highest BCUT2D eigenvalue weighted by Crippen LogP contribution is 2.29. The summed E-state index contributed by atoms with van der Waals surface area (Å²) in [6.45, 7) is 4.00. The van der Waals surface area contributed by atoms with E-state index in [1.807, 2.05) is 13.8 Å². The average molecular weight is 370 g/mol. The fourth-order valence-corrected chi connectivity index (χ4v) is 2.57. The van der Waals surface area contributed by atoms with Gasteiger partial charge in [0.15, 0.2) is 10.9 Å². The molecule has 0 amide bonds. The Balaban J connectivity index is 0.00000127. The van der Waals surface area contributed by atoms with Crippen molar-refractivity contribution in [3.63, 3.8) is 0 Å². The van der Waals surface area contributed by atoms with Crippen molar-refractivity contribution in [2.24, 2.45) is 0 Å². The number of nitrogens with one attached hydrogen (secondary N) is 1. The van der Waals surface area contributed by atoms with Gasteiger partial charge in [0.25, 0.3) is 5.56 Å². The molecular formula is C13H12ClF4N3OS. The largest absolute Gasteiger partial charge is 0.433 e. The van der Waals surface area contributed by atoms with E-state index in [4.69, 9.17) is 11.6 Å². The Morgan fingerprint density at radius 1 is 1.30 bits per heavy atom. The van der Waals surface area contributed by atoms with Crippen molar-refractivity contribution >= 4 is 23.4 Å². The molecule has 4 nitrogen and oxygen atoms in total. The van der Waals surface area contributed by atoms with Gasteiger partial charge in [-0.1, -0.05) is 37.2 Å². The maximum Gasteiger partial charge on any atom is 0.433 e. The third-order valence-electron chi connectivity index (χ3n) is 2.32. The SMILES string of the molecule is CC.O=c1cc(C(F)(F)F)nc(SCc2c(F)cncc2Cl)[nH]1. The van der Waals surface area contributed by atoms with E-state index in [1.54, 1.807) is 0 Å². The summed E-state index contributed by atoms with van der Waals surface area (Å²) >= 11 is 6.47. The summed E-state index contributed by atoms with van der Waals surface area (Å²) in [7, 11) is 0. The molecule has 0 spiro atoms. The van der Waals surface area contributed by atoms with Crippen molar-refractivity contribution in [3.05, 3.63) is 50.9 Å². The molecule has 0 saturated heterocycles. The zero-order chi connectivity index (χ0) is 17.6. The quantitative estimate of drug-likeness (QED) is 0.498. The summed E-state index contributed by atoms with van der Waals surface area (Å²) in [5.41, 5.74) is -2.19. The number of H-pyrrole nitrogens is 1. The Morgan fingerprint density at radius 2 is 1.96 bits per heavy atom. The van der Waals surface area contributed by atoms with Crippen LogP contribution in [0.5, 0.6) is 0 Å². The lowest BCUT2D eigenvalue weighted by molar-refractivity contribution is -0.141. The van der Waals surface area contributed by atoms with Gasteiger partial charge in [0.1, 0.15) is 5.82 Å². The number of aromatic nitrogens is 3. The van der Waals surface area contributed by atoms with E-state index in [0.29, 0.717) is 6.07 Å². The Labute approximate surface area is 138 Å². The summed E-state index contributed by atoms with van der Waals surface area (Å²) in [6, 6.07) is 0.351. The summed E-state index contributed by atoms with van der Waals surface area (Å²) in [5.74, 6) is -0.790. The highest BCUT2D eigenvalue weighted by molar-refractivity contribution is 7.98. The van der Waals surface area contributed by atoms with Crippen molar-refractivity contribution in [1.29, 1.82) is 0 Å². The van der Waals surface area contributed by atoms with Crippen LogP contribution in [0.4, 0.5) is 17.6 Å². The van der Waals surface area contributed by atoms with E-state index in [9.17, 15) is 22.4 Å². The molecule has 126 valence electrons. The Kier molecular flexibility index (Phi) is 7.01. The van der Waals surface area contributed by atoms with Crippen molar-refractivity contribution in [2.45, 2.75) is 30.9 Å². The molecule has 1 N–H and O–H groups in total. The molecule has 2 aromatic heterocycles. The smallest absolute Gasteiger partial charge is 0.301 e. The lowest BCUT2D eigenvalue weighted by atomic mass is 10.3. The number of alkyl halides is 3. The fraction of sp³-hybridized carbons (Fsp3) is 0.308. The maximum atomic E-state index is 13.5. The van der Waals surface area contributed by atoms with E-state index in [1.165, 1.54) is 6.20 Å². The molecule has 23 heavy (non-hydrogen) atoms. The van der Waals surface area contributed by atoms with Gasteiger partial charge in [0, 0.05) is 23.6 Å². The van der Waals surface area contributed by atoms with E-state index < -0.39 is 23.2 Å². The zero-order valence-electron chi connectivity index (χ0n) is 12.0. The van der Waals surface area contributed by atoms with Crippen LogP contribution in [0.25, 0.3) is 0 Å². The van der Waals surface area contributed by atoms with Crippen LogP contribution in [0.3, 0.4) is 0 Å². The summed E-state index contributed by atoms with van der Waals surface area (Å²) in [6.07, 6.45) is -2.59. The van der Waals surface area contributed by atoms with Crippen LogP contribution in [-0.4, -0.2) is 15.0 Å². The van der Waals surface area contributed by atoms with Crippen molar-refractivity contribution in [1.82, 2.24) is 15.0 Å². The second-order valence-electron chi connectivity index (χ2n) is 3.80. The number of nitrogens with zero attached hydrogens (tertiary/aromatic N) is 2. The number of thioether (sulfide) groups is 1. The summed E-state index contributed by atoms with van der Waals surface area (Å²) in [5, 5.41) is -0.237. The number of hydrogen-bond acceptors (Lipinski definition) is 4. The molecular weight excluding hydrogens is 358 g/mol. The lowest BCUT2D eigenvalue weighted by Gasteiger charge is -2.08. The number of halogens is 5. The molecule has 0 bridgehead atoms. The molecule has 0 saturated carbocycles. The van der Waals surface area contributed by atoms with Gasteiger partial charge < -0.3 is 4.98 Å². The minimum atomic E-state index is -4.73. The summed E-state index contributed by atoms with van der Waals surface area (Å²) < 4.78 is 51.0. The van der Waals surface area contributed by atoms with Gasteiger partial charge in [-0.15, -0.1) is 0 Å². The van der Waals surface area contributed by atoms with Gasteiger partial charge in [-0.2, -0.15) is 13.2 Å². The number of aromatic amines is 1. The van der Waals surface area contributed by atoms with Crippen molar-refractivity contribution in [2.75, 3.05) is 0 Å². The molecule has 0 aliphatic carbocycles. The lowest BCUT2D eigenvalue weighted by Crippen LogP contribution is -2.16. The maximum absolute atomic E-state index is 13.5.